The van der Waals surface area contributed by atoms with E-state index in [2.05, 4.69) is 16.0 Å². The summed E-state index contributed by atoms with van der Waals surface area (Å²) >= 11 is 1.38. The van der Waals surface area contributed by atoms with E-state index in [0.717, 1.165) is 0 Å². The number of rotatable bonds is 15. The Hall–Kier alpha value is -3.36. The number of carbonyl (C=O) groups excluding carboxylic acids is 3. The van der Waals surface area contributed by atoms with Crippen LogP contribution in [0.3, 0.4) is 0 Å². The highest BCUT2D eigenvalue weighted by Gasteiger charge is 2.30. The lowest BCUT2D eigenvalue weighted by atomic mass is 10.0. The van der Waals surface area contributed by atoms with Gasteiger partial charge in [0.25, 0.3) is 0 Å². The van der Waals surface area contributed by atoms with Gasteiger partial charge in [-0.3, -0.25) is 19.2 Å². The van der Waals surface area contributed by atoms with Crippen molar-refractivity contribution in [3.63, 3.8) is 0 Å². The van der Waals surface area contributed by atoms with Gasteiger partial charge < -0.3 is 42.1 Å². The first-order chi connectivity index (χ1) is 16.5. The number of carboxylic acid groups (broad SMARTS) is 2. The zero-order valence-corrected chi connectivity index (χ0v) is 19.8. The lowest BCUT2D eigenvalue weighted by Crippen LogP contribution is -2.58. The monoisotopic (exact) mass is 514 g/mol. The molecule has 13 nitrogen and oxygen atoms in total. The number of benzene rings is 1. The van der Waals surface area contributed by atoms with E-state index in [1.54, 1.807) is 6.26 Å². The average molecular weight is 515 g/mol. The first-order valence-corrected chi connectivity index (χ1v) is 11.9. The number of nitrogens with two attached hydrogens (primary N) is 1. The Labute approximate surface area is 205 Å². The van der Waals surface area contributed by atoms with Gasteiger partial charge in [0.15, 0.2) is 0 Å². The van der Waals surface area contributed by atoms with Crippen molar-refractivity contribution in [1.82, 2.24) is 16.0 Å². The maximum atomic E-state index is 12.9. The minimum Gasteiger partial charge on any atom is -0.508 e. The van der Waals surface area contributed by atoms with Gasteiger partial charge in [-0.15, -0.1) is 0 Å². The minimum absolute atomic E-state index is 0.0336. The third-order valence-corrected chi connectivity index (χ3v) is 5.43. The van der Waals surface area contributed by atoms with Crippen LogP contribution in [-0.2, 0) is 30.4 Å². The molecule has 1 rings (SSSR count). The van der Waals surface area contributed by atoms with Crippen LogP contribution in [0, 0.1) is 0 Å². The molecule has 4 atom stereocenters. The molecule has 35 heavy (non-hydrogen) atoms. The van der Waals surface area contributed by atoms with Crippen molar-refractivity contribution in [3.8, 4) is 5.75 Å². The second-order valence-electron chi connectivity index (χ2n) is 7.56. The molecule has 0 bridgehead atoms. The highest BCUT2D eigenvalue weighted by atomic mass is 32.2. The van der Waals surface area contributed by atoms with Crippen LogP contribution in [0.1, 0.15) is 18.4 Å². The highest BCUT2D eigenvalue weighted by molar-refractivity contribution is 7.98. The normalized spacial score (nSPS) is 14.1. The molecule has 194 valence electrons. The Morgan fingerprint density at radius 2 is 1.46 bits per heavy atom. The first kappa shape index (κ1) is 29.7. The van der Waals surface area contributed by atoms with E-state index in [0.29, 0.717) is 11.3 Å². The van der Waals surface area contributed by atoms with Gasteiger partial charge in [-0.2, -0.15) is 11.8 Å². The standard InChI is InChI=1S/C21H30N4O9S/c1-35-7-6-14(21(33)34)23-20(32)16(10-26)25-19(31)15(8-11-2-4-12(27)5-3-11)24-18(30)13(22)9-17(28)29/h2-5,13-16,26-27H,6-10,22H2,1H3,(H,23,32)(H,24,30)(H,25,31)(H,28,29)(H,33,34). The zero-order chi connectivity index (χ0) is 26.5. The van der Waals surface area contributed by atoms with Gasteiger partial charge >= 0.3 is 11.9 Å². The van der Waals surface area contributed by atoms with Crippen LogP contribution in [0.4, 0.5) is 0 Å². The summed E-state index contributed by atoms with van der Waals surface area (Å²) in [7, 11) is 0. The van der Waals surface area contributed by atoms with Crippen molar-refractivity contribution in [1.29, 1.82) is 0 Å². The molecule has 0 aliphatic rings. The summed E-state index contributed by atoms with van der Waals surface area (Å²) in [6, 6.07) is 0.136. The lowest BCUT2D eigenvalue weighted by Gasteiger charge is -2.24. The molecular formula is C21H30N4O9S. The Kier molecular flexibility index (Phi) is 12.6. The molecule has 0 fully saturated rings. The number of nitrogens with one attached hydrogen (secondary N) is 3. The number of aromatic hydroxyl groups is 1. The predicted molar refractivity (Wildman–Crippen MR) is 126 cm³/mol. The summed E-state index contributed by atoms with van der Waals surface area (Å²) in [5, 5.41) is 44.0. The number of aliphatic carboxylic acids is 2. The summed E-state index contributed by atoms with van der Waals surface area (Å²) in [5.74, 6) is -4.96. The molecule has 1 aromatic carbocycles. The van der Waals surface area contributed by atoms with Crippen molar-refractivity contribution in [3.05, 3.63) is 29.8 Å². The van der Waals surface area contributed by atoms with Crippen LogP contribution < -0.4 is 21.7 Å². The summed E-state index contributed by atoms with van der Waals surface area (Å²) in [5.41, 5.74) is 6.06. The number of aliphatic hydroxyl groups excluding tert-OH is 1. The fourth-order valence-electron chi connectivity index (χ4n) is 2.87. The summed E-state index contributed by atoms with van der Waals surface area (Å²) < 4.78 is 0. The van der Waals surface area contributed by atoms with Gasteiger partial charge in [0.05, 0.1) is 19.1 Å². The topological polar surface area (TPSA) is 228 Å². The number of amides is 3. The Bertz CT molecular complexity index is 897. The third kappa shape index (κ3) is 10.6. The van der Waals surface area contributed by atoms with Crippen LogP contribution >= 0.6 is 11.8 Å². The van der Waals surface area contributed by atoms with Crippen molar-refractivity contribution in [2.75, 3.05) is 18.6 Å². The second-order valence-corrected chi connectivity index (χ2v) is 8.55. The van der Waals surface area contributed by atoms with Gasteiger partial charge in [-0.25, -0.2) is 4.79 Å². The zero-order valence-electron chi connectivity index (χ0n) is 19.0. The van der Waals surface area contributed by atoms with Crippen molar-refractivity contribution in [2.24, 2.45) is 5.73 Å². The van der Waals surface area contributed by atoms with E-state index in [1.807, 2.05) is 0 Å². The number of hydrogen-bond donors (Lipinski definition) is 8. The van der Waals surface area contributed by atoms with Gasteiger partial charge in [-0.05, 0) is 36.1 Å². The van der Waals surface area contributed by atoms with Crippen LogP contribution in [0.5, 0.6) is 5.75 Å². The van der Waals surface area contributed by atoms with E-state index in [1.165, 1.54) is 36.0 Å². The number of thioether (sulfide) groups is 1. The number of carboxylic acids is 2. The third-order valence-electron chi connectivity index (χ3n) is 4.78. The van der Waals surface area contributed by atoms with Crippen LogP contribution in [0.25, 0.3) is 0 Å². The molecule has 0 aliphatic carbocycles. The summed E-state index contributed by atoms with van der Waals surface area (Å²) in [6.07, 6.45) is 1.08. The van der Waals surface area contributed by atoms with E-state index in [-0.39, 0.29) is 18.6 Å². The Morgan fingerprint density at radius 1 is 0.914 bits per heavy atom. The molecular weight excluding hydrogens is 484 g/mol. The number of phenolic OH excluding ortho intramolecular Hbond substituents is 1. The highest BCUT2D eigenvalue weighted by Crippen LogP contribution is 2.12. The van der Waals surface area contributed by atoms with Crippen LogP contribution in [0.15, 0.2) is 24.3 Å². The number of phenols is 1. The first-order valence-electron chi connectivity index (χ1n) is 10.5. The molecule has 1 aromatic rings. The Morgan fingerprint density at radius 3 is 1.97 bits per heavy atom. The molecule has 0 radical (unpaired) electrons. The molecule has 0 saturated carbocycles. The maximum Gasteiger partial charge on any atom is 0.326 e. The van der Waals surface area contributed by atoms with E-state index in [9.17, 15) is 39.3 Å². The van der Waals surface area contributed by atoms with Gasteiger partial charge in [-0.1, -0.05) is 12.1 Å². The second kappa shape index (κ2) is 14.8. The lowest BCUT2D eigenvalue weighted by molar-refractivity contribution is -0.142. The Balaban J connectivity index is 3.00. The van der Waals surface area contributed by atoms with Gasteiger partial charge in [0, 0.05) is 6.42 Å². The molecule has 4 unspecified atom stereocenters. The molecule has 0 heterocycles. The van der Waals surface area contributed by atoms with Crippen LogP contribution in [-0.4, -0.2) is 92.9 Å². The molecule has 0 spiro atoms. The van der Waals surface area contributed by atoms with E-state index < -0.39 is 66.9 Å². The fraction of sp³-hybridized carbons (Fsp3) is 0.476. The quantitative estimate of drug-likeness (QED) is 0.128. The van der Waals surface area contributed by atoms with Crippen molar-refractivity contribution in [2.45, 2.75) is 43.4 Å². The predicted octanol–water partition coefficient (Wildman–Crippen LogP) is -1.98. The SMILES string of the molecule is CSCCC(NC(=O)C(CO)NC(=O)C(Cc1ccc(O)cc1)NC(=O)C(N)CC(=O)O)C(=O)O. The van der Waals surface area contributed by atoms with E-state index >= 15 is 0 Å². The number of aliphatic hydroxyl groups is 1. The van der Waals surface area contributed by atoms with Crippen molar-refractivity contribution >= 4 is 41.4 Å². The summed E-state index contributed by atoms with van der Waals surface area (Å²) in [4.78, 5) is 60.0. The van der Waals surface area contributed by atoms with Gasteiger partial charge in [0.1, 0.15) is 23.9 Å². The average Bonchev–Trinajstić information content (AvgIpc) is 2.79. The fourth-order valence-corrected chi connectivity index (χ4v) is 3.34. The largest absolute Gasteiger partial charge is 0.508 e. The smallest absolute Gasteiger partial charge is 0.326 e. The molecule has 0 saturated heterocycles. The molecule has 3 amide bonds. The maximum absolute atomic E-state index is 12.9. The minimum atomic E-state index is -1.52. The number of hydrogen-bond acceptors (Lipinski definition) is 9. The van der Waals surface area contributed by atoms with Crippen LogP contribution in [0.2, 0.25) is 0 Å². The van der Waals surface area contributed by atoms with Crippen molar-refractivity contribution < 1.29 is 44.4 Å². The van der Waals surface area contributed by atoms with E-state index in [4.69, 9.17) is 10.8 Å². The molecule has 9 N–H and O–H groups in total. The number of carbonyl (C=O) groups is 5. The van der Waals surface area contributed by atoms with Gasteiger partial charge in [0.2, 0.25) is 17.7 Å². The molecule has 0 aliphatic heterocycles. The summed E-state index contributed by atoms with van der Waals surface area (Å²) in [6.45, 7) is -0.856. The molecule has 0 aromatic heterocycles. The molecule has 14 heteroatoms.